The van der Waals surface area contributed by atoms with Crippen molar-refractivity contribution in [3.63, 3.8) is 0 Å². The minimum Gasteiger partial charge on any atom is -0.480 e. The molecule has 0 radical (unpaired) electrons. The second-order valence-electron chi connectivity index (χ2n) is 4.24. The van der Waals surface area contributed by atoms with E-state index in [1.54, 1.807) is 24.3 Å². The lowest BCUT2D eigenvalue weighted by atomic mass is 10.2. The molecule has 6 heteroatoms. The van der Waals surface area contributed by atoms with E-state index in [2.05, 4.69) is 0 Å². The van der Waals surface area contributed by atoms with Crippen molar-refractivity contribution in [2.75, 3.05) is 12.3 Å². The number of nitrogens with two attached hydrogens (primary N) is 1. The van der Waals surface area contributed by atoms with E-state index in [9.17, 15) is 13.6 Å². The Hall–Kier alpha value is -2.63. The van der Waals surface area contributed by atoms with Crippen molar-refractivity contribution in [2.24, 2.45) is 0 Å². The number of ether oxygens (including phenoxy) is 2. The van der Waals surface area contributed by atoms with Gasteiger partial charge in [0.2, 0.25) is 0 Å². The van der Waals surface area contributed by atoms with Gasteiger partial charge in [-0.2, -0.15) is 0 Å². The van der Waals surface area contributed by atoms with Gasteiger partial charge in [0.25, 0.3) is 0 Å². The van der Waals surface area contributed by atoms with Crippen molar-refractivity contribution in [3.05, 3.63) is 59.7 Å². The molecule has 0 saturated carbocycles. The van der Waals surface area contributed by atoms with Crippen LogP contribution in [0.5, 0.6) is 5.75 Å². The molecule has 0 heterocycles. The molecule has 0 aliphatic rings. The molecule has 2 aromatic carbocycles. The predicted molar refractivity (Wildman–Crippen MR) is 72.5 cm³/mol. The summed E-state index contributed by atoms with van der Waals surface area (Å²) in [5, 5.41) is 0. The molecular formula is C15H13F2NO3. The van der Waals surface area contributed by atoms with Crippen LogP contribution in [0.2, 0.25) is 0 Å². The summed E-state index contributed by atoms with van der Waals surface area (Å²) in [5.41, 5.74) is 6.41. The maximum Gasteiger partial charge on any atom is 0.344 e. The van der Waals surface area contributed by atoms with Crippen molar-refractivity contribution in [3.8, 4) is 5.75 Å². The molecule has 0 bridgehead atoms. The van der Waals surface area contributed by atoms with Crippen molar-refractivity contribution < 1.29 is 23.0 Å². The Labute approximate surface area is 120 Å². The molecule has 0 aliphatic heterocycles. The molecule has 0 amide bonds. The minimum absolute atomic E-state index is 0.163. The average Bonchev–Trinajstić information content (AvgIpc) is 2.47. The molecule has 4 nitrogen and oxygen atoms in total. The molecule has 0 unspecified atom stereocenters. The third-order valence-corrected chi connectivity index (χ3v) is 2.65. The molecule has 0 atom stereocenters. The number of nitrogen functional groups attached to an aromatic ring is 1. The number of carbonyl (C=O) groups excluding carboxylic acids is 1. The van der Waals surface area contributed by atoms with E-state index in [-0.39, 0.29) is 13.2 Å². The van der Waals surface area contributed by atoms with Gasteiger partial charge in [-0.3, -0.25) is 0 Å². The number of esters is 1. The second-order valence-corrected chi connectivity index (χ2v) is 4.24. The molecule has 0 spiro atoms. The Morgan fingerprint density at radius 1 is 1.10 bits per heavy atom. The van der Waals surface area contributed by atoms with Gasteiger partial charge < -0.3 is 15.2 Å². The molecular weight excluding hydrogens is 280 g/mol. The highest BCUT2D eigenvalue weighted by Gasteiger charge is 2.08. The predicted octanol–water partition coefficient (Wildman–Crippen LogP) is 2.67. The Kier molecular flexibility index (Phi) is 4.71. The van der Waals surface area contributed by atoms with Crippen LogP contribution in [-0.4, -0.2) is 12.6 Å². The van der Waals surface area contributed by atoms with Gasteiger partial charge in [0.1, 0.15) is 12.4 Å². The van der Waals surface area contributed by atoms with Crippen LogP contribution in [0.4, 0.5) is 14.5 Å². The highest BCUT2D eigenvalue weighted by Crippen LogP contribution is 2.19. The first kappa shape index (κ1) is 14.8. The van der Waals surface area contributed by atoms with Crippen LogP contribution in [-0.2, 0) is 16.1 Å². The molecule has 110 valence electrons. The van der Waals surface area contributed by atoms with Gasteiger partial charge in [0, 0.05) is 0 Å². The van der Waals surface area contributed by atoms with E-state index in [4.69, 9.17) is 15.2 Å². The van der Waals surface area contributed by atoms with Gasteiger partial charge >= 0.3 is 5.97 Å². The molecule has 21 heavy (non-hydrogen) atoms. The SMILES string of the molecule is Nc1ccccc1OCC(=O)OCc1ccc(F)c(F)c1. The first-order valence-electron chi connectivity index (χ1n) is 6.13. The van der Waals surface area contributed by atoms with E-state index in [0.717, 1.165) is 12.1 Å². The topological polar surface area (TPSA) is 61.5 Å². The summed E-state index contributed by atoms with van der Waals surface area (Å²) < 4.78 is 35.8. The lowest BCUT2D eigenvalue weighted by molar-refractivity contribution is -0.147. The number of hydrogen-bond donors (Lipinski definition) is 1. The van der Waals surface area contributed by atoms with Gasteiger partial charge in [-0.25, -0.2) is 13.6 Å². The van der Waals surface area contributed by atoms with E-state index >= 15 is 0 Å². The Bertz CT molecular complexity index is 647. The average molecular weight is 293 g/mol. The number of carbonyl (C=O) groups is 1. The van der Waals surface area contributed by atoms with Crippen LogP contribution in [0, 0.1) is 11.6 Å². The summed E-state index contributed by atoms with van der Waals surface area (Å²) >= 11 is 0. The molecule has 2 rings (SSSR count). The molecule has 0 saturated heterocycles. The first-order valence-corrected chi connectivity index (χ1v) is 6.13. The lowest BCUT2D eigenvalue weighted by Gasteiger charge is -2.09. The molecule has 0 aromatic heterocycles. The quantitative estimate of drug-likeness (QED) is 0.680. The number of rotatable bonds is 5. The Morgan fingerprint density at radius 3 is 2.57 bits per heavy atom. The zero-order valence-electron chi connectivity index (χ0n) is 11.0. The zero-order valence-corrected chi connectivity index (χ0v) is 11.0. The summed E-state index contributed by atoms with van der Waals surface area (Å²) in [5.74, 6) is -2.20. The van der Waals surface area contributed by atoms with Gasteiger partial charge in [-0.05, 0) is 29.8 Å². The van der Waals surface area contributed by atoms with Crippen molar-refractivity contribution >= 4 is 11.7 Å². The number of hydrogen-bond acceptors (Lipinski definition) is 4. The molecule has 0 aliphatic carbocycles. The normalized spacial score (nSPS) is 10.2. The fourth-order valence-electron chi connectivity index (χ4n) is 1.58. The molecule has 0 fully saturated rings. The van der Waals surface area contributed by atoms with Crippen LogP contribution < -0.4 is 10.5 Å². The second kappa shape index (κ2) is 6.69. The van der Waals surface area contributed by atoms with Crippen LogP contribution >= 0.6 is 0 Å². The lowest BCUT2D eigenvalue weighted by Crippen LogP contribution is -2.15. The fraction of sp³-hybridized carbons (Fsp3) is 0.133. The maximum absolute atomic E-state index is 13.0. The number of halogens is 2. The Balaban J connectivity index is 1.82. The molecule has 2 aromatic rings. The minimum atomic E-state index is -0.989. The van der Waals surface area contributed by atoms with Gasteiger partial charge in [0.05, 0.1) is 5.69 Å². The highest BCUT2D eigenvalue weighted by molar-refractivity contribution is 5.71. The number of para-hydroxylation sites is 2. The smallest absolute Gasteiger partial charge is 0.344 e. The van der Waals surface area contributed by atoms with Crippen molar-refractivity contribution in [2.45, 2.75) is 6.61 Å². The maximum atomic E-state index is 13.0. The van der Waals surface area contributed by atoms with E-state index in [1.165, 1.54) is 6.07 Å². The van der Waals surface area contributed by atoms with Crippen LogP contribution in [0.3, 0.4) is 0 Å². The Morgan fingerprint density at radius 2 is 1.86 bits per heavy atom. The third-order valence-electron chi connectivity index (χ3n) is 2.65. The fourth-order valence-corrected chi connectivity index (χ4v) is 1.58. The first-order chi connectivity index (χ1) is 10.1. The van der Waals surface area contributed by atoms with E-state index < -0.39 is 17.6 Å². The summed E-state index contributed by atoms with van der Waals surface area (Å²) in [6, 6.07) is 10.0. The zero-order chi connectivity index (χ0) is 15.2. The summed E-state index contributed by atoms with van der Waals surface area (Å²) in [7, 11) is 0. The monoisotopic (exact) mass is 293 g/mol. The number of anilines is 1. The summed E-state index contributed by atoms with van der Waals surface area (Å²) in [6.07, 6.45) is 0. The van der Waals surface area contributed by atoms with Gasteiger partial charge in [-0.1, -0.05) is 18.2 Å². The van der Waals surface area contributed by atoms with Gasteiger partial charge in [-0.15, -0.1) is 0 Å². The highest BCUT2D eigenvalue weighted by atomic mass is 19.2. The number of benzene rings is 2. The third kappa shape index (κ3) is 4.17. The standard InChI is InChI=1S/C15H13F2NO3/c16-11-6-5-10(7-12(11)17)8-21-15(19)9-20-14-4-2-1-3-13(14)18/h1-7H,8-9,18H2. The van der Waals surface area contributed by atoms with Crippen LogP contribution in [0.25, 0.3) is 0 Å². The molecule has 2 N–H and O–H groups in total. The largest absolute Gasteiger partial charge is 0.480 e. The van der Waals surface area contributed by atoms with Crippen molar-refractivity contribution in [1.82, 2.24) is 0 Å². The van der Waals surface area contributed by atoms with Crippen LogP contribution in [0.15, 0.2) is 42.5 Å². The summed E-state index contributed by atoms with van der Waals surface area (Å²) in [4.78, 5) is 11.5. The van der Waals surface area contributed by atoms with Crippen LogP contribution in [0.1, 0.15) is 5.56 Å². The van der Waals surface area contributed by atoms with Crippen molar-refractivity contribution in [1.29, 1.82) is 0 Å². The van der Waals surface area contributed by atoms with E-state index in [1.807, 2.05) is 0 Å². The summed E-state index contributed by atoms with van der Waals surface area (Å²) in [6.45, 7) is -0.485. The van der Waals surface area contributed by atoms with Gasteiger partial charge in [0.15, 0.2) is 18.2 Å². The van der Waals surface area contributed by atoms with E-state index in [0.29, 0.717) is 17.0 Å².